The highest BCUT2D eigenvalue weighted by Crippen LogP contribution is 2.23. The lowest BCUT2D eigenvalue weighted by molar-refractivity contribution is -0.132. The molecule has 3 heterocycles. The topological polar surface area (TPSA) is 56.8 Å². The van der Waals surface area contributed by atoms with Gasteiger partial charge in [-0.25, -0.2) is 4.98 Å². The van der Waals surface area contributed by atoms with E-state index in [1.807, 2.05) is 40.1 Å². The molecule has 0 bridgehead atoms. The maximum absolute atomic E-state index is 13.2. The fraction of sp³-hybridized carbons (Fsp3) is 0.480. The summed E-state index contributed by atoms with van der Waals surface area (Å²) in [5.74, 6) is 1.04. The molecule has 0 radical (unpaired) electrons. The first-order chi connectivity index (χ1) is 15.2. The number of amides is 2. The van der Waals surface area contributed by atoms with Crippen molar-refractivity contribution in [1.82, 2.24) is 14.8 Å². The molecule has 2 aliphatic rings. The van der Waals surface area contributed by atoms with Crippen molar-refractivity contribution in [2.24, 2.45) is 0 Å². The number of carbonyl (C=O) groups excluding carboxylic acids is 2. The molecule has 0 atom stereocenters. The number of aromatic nitrogens is 1. The van der Waals surface area contributed by atoms with Crippen molar-refractivity contribution in [2.75, 3.05) is 44.2 Å². The Labute approximate surface area is 184 Å². The summed E-state index contributed by atoms with van der Waals surface area (Å²) in [6.45, 7) is 4.30. The summed E-state index contributed by atoms with van der Waals surface area (Å²) in [5, 5.41) is 0. The Bertz CT molecular complexity index is 872. The molecule has 2 aromatic rings. The van der Waals surface area contributed by atoms with Crippen molar-refractivity contribution in [3.63, 3.8) is 0 Å². The van der Waals surface area contributed by atoms with Gasteiger partial charge in [-0.3, -0.25) is 9.59 Å². The summed E-state index contributed by atoms with van der Waals surface area (Å²) >= 11 is 0. The van der Waals surface area contributed by atoms with E-state index in [9.17, 15) is 9.59 Å². The fourth-order valence-electron chi connectivity index (χ4n) is 4.50. The van der Waals surface area contributed by atoms with E-state index < -0.39 is 0 Å². The zero-order chi connectivity index (χ0) is 21.5. The minimum Gasteiger partial charge on any atom is -0.356 e. The van der Waals surface area contributed by atoms with E-state index in [-0.39, 0.29) is 11.8 Å². The van der Waals surface area contributed by atoms with Crippen LogP contribution in [0.4, 0.5) is 5.82 Å². The van der Waals surface area contributed by atoms with Gasteiger partial charge in [-0.1, -0.05) is 30.3 Å². The summed E-state index contributed by atoms with van der Waals surface area (Å²) < 4.78 is 0. The van der Waals surface area contributed by atoms with Gasteiger partial charge in [0.1, 0.15) is 5.82 Å². The van der Waals surface area contributed by atoms with Gasteiger partial charge in [0.2, 0.25) is 5.91 Å². The lowest BCUT2D eigenvalue weighted by Gasteiger charge is -2.36. The summed E-state index contributed by atoms with van der Waals surface area (Å²) in [6, 6.07) is 14.0. The van der Waals surface area contributed by atoms with E-state index in [1.165, 1.54) is 12.0 Å². The molecule has 2 saturated heterocycles. The number of hydrogen-bond donors (Lipinski definition) is 0. The smallest absolute Gasteiger partial charge is 0.257 e. The second-order valence-corrected chi connectivity index (χ2v) is 8.43. The second-order valence-electron chi connectivity index (χ2n) is 8.43. The zero-order valence-corrected chi connectivity index (χ0v) is 18.2. The Balaban J connectivity index is 1.28. The molecule has 0 N–H and O–H groups in total. The Morgan fingerprint density at radius 3 is 2.26 bits per heavy atom. The molecule has 0 saturated carbocycles. The Morgan fingerprint density at radius 1 is 0.806 bits per heavy atom. The molecule has 0 unspecified atom stereocenters. The molecule has 0 spiro atoms. The minimum atomic E-state index is 0.0323. The SMILES string of the molecule is O=C(CCCc1ccccc1)N1CCN(C(=O)c2cccnc2N2CCCCC2)CC1. The van der Waals surface area contributed by atoms with Crippen LogP contribution in [0.1, 0.15) is 48.0 Å². The van der Waals surface area contributed by atoms with Gasteiger partial charge in [0.15, 0.2) is 0 Å². The maximum atomic E-state index is 13.2. The number of nitrogens with zero attached hydrogens (tertiary/aromatic N) is 4. The van der Waals surface area contributed by atoms with Crippen LogP contribution in [0.25, 0.3) is 0 Å². The third kappa shape index (κ3) is 5.43. The second kappa shape index (κ2) is 10.4. The highest BCUT2D eigenvalue weighted by Gasteiger charge is 2.27. The van der Waals surface area contributed by atoms with E-state index in [2.05, 4.69) is 22.0 Å². The van der Waals surface area contributed by atoms with Crippen molar-refractivity contribution in [3.8, 4) is 0 Å². The van der Waals surface area contributed by atoms with Crippen molar-refractivity contribution in [2.45, 2.75) is 38.5 Å². The number of hydrogen-bond acceptors (Lipinski definition) is 4. The van der Waals surface area contributed by atoms with E-state index in [4.69, 9.17) is 0 Å². The van der Waals surface area contributed by atoms with E-state index in [0.717, 1.165) is 44.6 Å². The number of piperazine rings is 1. The van der Waals surface area contributed by atoms with Crippen LogP contribution in [0.3, 0.4) is 0 Å². The number of carbonyl (C=O) groups is 2. The first kappa shape index (κ1) is 21.3. The number of anilines is 1. The Morgan fingerprint density at radius 2 is 1.52 bits per heavy atom. The lowest BCUT2D eigenvalue weighted by atomic mass is 10.1. The zero-order valence-electron chi connectivity index (χ0n) is 18.2. The van der Waals surface area contributed by atoms with Gasteiger partial charge >= 0.3 is 0 Å². The monoisotopic (exact) mass is 420 g/mol. The first-order valence-corrected chi connectivity index (χ1v) is 11.5. The molecule has 31 heavy (non-hydrogen) atoms. The minimum absolute atomic E-state index is 0.0323. The molecule has 2 aliphatic heterocycles. The molecule has 0 aliphatic carbocycles. The number of benzene rings is 1. The van der Waals surface area contributed by atoms with Crippen LogP contribution in [0.2, 0.25) is 0 Å². The average molecular weight is 421 g/mol. The summed E-state index contributed by atoms with van der Waals surface area (Å²) in [7, 11) is 0. The van der Waals surface area contributed by atoms with Crippen LogP contribution in [-0.2, 0) is 11.2 Å². The van der Waals surface area contributed by atoms with Gasteiger partial charge in [-0.2, -0.15) is 0 Å². The highest BCUT2D eigenvalue weighted by molar-refractivity contribution is 5.99. The molecule has 6 heteroatoms. The molecular weight excluding hydrogens is 388 g/mol. The van der Waals surface area contributed by atoms with E-state index in [0.29, 0.717) is 38.2 Å². The molecule has 1 aromatic carbocycles. The Hall–Kier alpha value is -2.89. The van der Waals surface area contributed by atoms with Crippen molar-refractivity contribution >= 4 is 17.6 Å². The van der Waals surface area contributed by atoms with Crippen LogP contribution in [0.15, 0.2) is 48.7 Å². The average Bonchev–Trinajstić information content (AvgIpc) is 2.85. The standard InChI is InChI=1S/C25H32N4O2/c30-23(13-7-11-21-9-3-1-4-10-21)27-17-19-29(20-18-27)25(31)22-12-8-14-26-24(22)28-15-5-2-6-16-28/h1,3-4,8-10,12,14H,2,5-7,11,13,15-20H2. The van der Waals surface area contributed by atoms with Crippen LogP contribution in [-0.4, -0.2) is 65.9 Å². The van der Waals surface area contributed by atoms with Crippen LogP contribution < -0.4 is 4.90 Å². The molecule has 164 valence electrons. The predicted molar refractivity (Wildman–Crippen MR) is 122 cm³/mol. The fourth-order valence-corrected chi connectivity index (χ4v) is 4.50. The third-order valence-corrected chi connectivity index (χ3v) is 6.29. The van der Waals surface area contributed by atoms with E-state index >= 15 is 0 Å². The molecule has 2 amide bonds. The predicted octanol–water partition coefficient (Wildman–Crippen LogP) is 3.38. The van der Waals surface area contributed by atoms with Crippen LogP contribution in [0, 0.1) is 0 Å². The number of pyridine rings is 1. The molecular formula is C25H32N4O2. The maximum Gasteiger partial charge on any atom is 0.257 e. The summed E-state index contributed by atoms with van der Waals surface area (Å²) in [5.41, 5.74) is 1.96. The van der Waals surface area contributed by atoms with Crippen LogP contribution >= 0.6 is 0 Å². The largest absolute Gasteiger partial charge is 0.356 e. The summed E-state index contributed by atoms with van der Waals surface area (Å²) in [4.78, 5) is 36.4. The van der Waals surface area contributed by atoms with Crippen molar-refractivity contribution < 1.29 is 9.59 Å². The van der Waals surface area contributed by atoms with Crippen molar-refractivity contribution in [1.29, 1.82) is 0 Å². The Kier molecular flexibility index (Phi) is 7.18. The van der Waals surface area contributed by atoms with Gasteiger partial charge in [0.05, 0.1) is 5.56 Å². The first-order valence-electron chi connectivity index (χ1n) is 11.5. The van der Waals surface area contributed by atoms with Crippen LogP contribution in [0.5, 0.6) is 0 Å². The third-order valence-electron chi connectivity index (χ3n) is 6.29. The van der Waals surface area contributed by atoms with Gasteiger partial charge in [-0.05, 0) is 49.8 Å². The molecule has 4 rings (SSSR count). The van der Waals surface area contributed by atoms with Gasteiger partial charge < -0.3 is 14.7 Å². The lowest BCUT2D eigenvalue weighted by Crippen LogP contribution is -2.50. The number of piperidine rings is 1. The van der Waals surface area contributed by atoms with Gasteiger partial charge in [0.25, 0.3) is 5.91 Å². The normalized spacial score (nSPS) is 17.0. The summed E-state index contributed by atoms with van der Waals surface area (Å²) in [6.07, 6.45) is 7.65. The highest BCUT2D eigenvalue weighted by atomic mass is 16.2. The van der Waals surface area contributed by atoms with E-state index in [1.54, 1.807) is 6.20 Å². The van der Waals surface area contributed by atoms with Gasteiger partial charge in [0, 0.05) is 51.9 Å². The number of aryl methyl sites for hydroxylation is 1. The van der Waals surface area contributed by atoms with Crippen molar-refractivity contribution in [3.05, 3.63) is 59.8 Å². The molecule has 2 fully saturated rings. The number of rotatable bonds is 6. The quantitative estimate of drug-likeness (QED) is 0.719. The molecule has 6 nitrogen and oxygen atoms in total. The molecule has 1 aromatic heterocycles. The van der Waals surface area contributed by atoms with Gasteiger partial charge in [-0.15, -0.1) is 0 Å².